The van der Waals surface area contributed by atoms with Crippen LogP contribution in [0.3, 0.4) is 0 Å². The molecule has 9 heteroatoms. The number of urea groups is 1. The molecule has 0 bridgehead atoms. The number of nitrogens with one attached hydrogen (secondary N) is 2. The molecule has 0 unspecified atom stereocenters. The summed E-state index contributed by atoms with van der Waals surface area (Å²) in [4.78, 5) is 11.9. The van der Waals surface area contributed by atoms with Crippen molar-refractivity contribution in [3.05, 3.63) is 77.7 Å². The minimum atomic E-state index is -4.72. The number of amides is 2. The number of nitrogens with zero attached hydrogens (tertiary/aromatic N) is 2. The monoisotopic (exact) mass is 378 g/mol. The number of halogens is 4. The Bertz CT molecular complexity index is 938. The third-order valence-electron chi connectivity index (χ3n) is 3.67. The molecule has 140 valence electrons. The Morgan fingerprint density at radius 3 is 2.52 bits per heavy atom. The number of hydrogen-bond acceptors (Lipinski definition) is 2. The highest BCUT2D eigenvalue weighted by Crippen LogP contribution is 2.32. The maximum atomic E-state index is 13.1. The molecule has 0 spiro atoms. The summed E-state index contributed by atoms with van der Waals surface area (Å²) in [7, 11) is 0. The van der Waals surface area contributed by atoms with E-state index in [0.717, 1.165) is 17.8 Å². The molecule has 1 heterocycles. The van der Waals surface area contributed by atoms with Crippen LogP contribution in [0.15, 0.2) is 60.8 Å². The Morgan fingerprint density at radius 1 is 1.07 bits per heavy atom. The second-order valence-corrected chi connectivity index (χ2v) is 5.59. The third kappa shape index (κ3) is 4.63. The van der Waals surface area contributed by atoms with Crippen LogP contribution in [-0.2, 0) is 12.7 Å². The van der Waals surface area contributed by atoms with Crippen molar-refractivity contribution in [2.24, 2.45) is 0 Å². The lowest BCUT2D eigenvalue weighted by Crippen LogP contribution is -2.29. The van der Waals surface area contributed by atoms with Crippen molar-refractivity contribution < 1.29 is 22.4 Å². The molecule has 0 aliphatic heterocycles. The van der Waals surface area contributed by atoms with E-state index >= 15 is 0 Å². The Morgan fingerprint density at radius 2 is 1.81 bits per heavy atom. The molecule has 0 saturated heterocycles. The molecule has 0 aliphatic rings. The van der Waals surface area contributed by atoms with Crippen LogP contribution < -0.4 is 10.6 Å². The van der Waals surface area contributed by atoms with E-state index in [1.807, 2.05) is 30.3 Å². The van der Waals surface area contributed by atoms with Gasteiger partial charge in [-0.25, -0.2) is 13.9 Å². The topological polar surface area (TPSA) is 59.0 Å². The van der Waals surface area contributed by atoms with Crippen LogP contribution in [0, 0.1) is 5.82 Å². The second kappa shape index (κ2) is 7.48. The van der Waals surface area contributed by atoms with Gasteiger partial charge in [0.05, 0.1) is 11.3 Å². The van der Waals surface area contributed by atoms with Crippen molar-refractivity contribution in [3.63, 3.8) is 0 Å². The molecule has 0 atom stereocenters. The first-order chi connectivity index (χ1) is 12.8. The van der Waals surface area contributed by atoms with Gasteiger partial charge in [0.2, 0.25) is 0 Å². The number of aromatic nitrogens is 2. The number of benzene rings is 2. The predicted octanol–water partition coefficient (Wildman–Crippen LogP) is 4.35. The standard InChI is InChI=1S/C18H14F4N4O/c19-13-7-6-12(15(10-13)18(20,21)22)11-23-17(27)24-16-8-9-26(25-16)14-4-2-1-3-5-14/h1-10H,11H2,(H2,23,24,25,27). The lowest BCUT2D eigenvalue weighted by molar-refractivity contribution is -0.138. The van der Waals surface area contributed by atoms with Gasteiger partial charge < -0.3 is 5.32 Å². The summed E-state index contributed by atoms with van der Waals surface area (Å²) in [6.07, 6.45) is -3.09. The van der Waals surface area contributed by atoms with Crippen molar-refractivity contribution in [2.45, 2.75) is 12.7 Å². The van der Waals surface area contributed by atoms with Crippen molar-refractivity contribution in [1.82, 2.24) is 15.1 Å². The molecular weight excluding hydrogens is 364 g/mol. The molecule has 3 rings (SSSR count). The highest BCUT2D eigenvalue weighted by atomic mass is 19.4. The van der Waals surface area contributed by atoms with Crippen LogP contribution in [0.25, 0.3) is 5.69 Å². The van der Waals surface area contributed by atoms with Gasteiger partial charge in [0.1, 0.15) is 5.82 Å². The summed E-state index contributed by atoms with van der Waals surface area (Å²) < 4.78 is 53.5. The fourth-order valence-corrected chi connectivity index (χ4v) is 2.42. The van der Waals surface area contributed by atoms with Gasteiger partial charge in [0.15, 0.2) is 5.82 Å². The zero-order chi connectivity index (χ0) is 19.4. The lowest BCUT2D eigenvalue weighted by Gasteiger charge is -2.13. The summed E-state index contributed by atoms with van der Waals surface area (Å²) in [5, 5.41) is 8.90. The van der Waals surface area contributed by atoms with Gasteiger partial charge in [-0.1, -0.05) is 24.3 Å². The lowest BCUT2D eigenvalue weighted by atomic mass is 10.1. The van der Waals surface area contributed by atoms with Gasteiger partial charge in [-0.2, -0.15) is 13.2 Å². The Balaban J connectivity index is 1.64. The maximum absolute atomic E-state index is 13.1. The molecular formula is C18H14F4N4O. The van der Waals surface area contributed by atoms with E-state index in [4.69, 9.17) is 0 Å². The van der Waals surface area contributed by atoms with E-state index in [1.165, 1.54) is 4.68 Å². The van der Waals surface area contributed by atoms with E-state index in [-0.39, 0.29) is 11.4 Å². The Hall–Kier alpha value is -3.36. The molecule has 1 aromatic heterocycles. The third-order valence-corrected chi connectivity index (χ3v) is 3.67. The van der Waals surface area contributed by atoms with Crippen LogP contribution in [0.2, 0.25) is 0 Å². The number of carbonyl (C=O) groups is 1. The number of rotatable bonds is 4. The SMILES string of the molecule is O=C(NCc1ccc(F)cc1C(F)(F)F)Nc1ccn(-c2ccccc2)n1. The van der Waals surface area contributed by atoms with E-state index in [0.29, 0.717) is 6.07 Å². The first kappa shape index (κ1) is 18.4. The molecule has 0 aliphatic carbocycles. The fourth-order valence-electron chi connectivity index (χ4n) is 2.42. The number of carbonyl (C=O) groups excluding carboxylic acids is 1. The van der Waals surface area contributed by atoms with E-state index < -0.39 is 30.1 Å². The van der Waals surface area contributed by atoms with Crippen molar-refractivity contribution in [1.29, 1.82) is 0 Å². The first-order valence-electron chi connectivity index (χ1n) is 7.84. The molecule has 0 saturated carbocycles. The van der Waals surface area contributed by atoms with Crippen LogP contribution >= 0.6 is 0 Å². The zero-order valence-corrected chi connectivity index (χ0v) is 13.8. The number of alkyl halides is 3. The number of para-hydroxylation sites is 1. The molecule has 2 N–H and O–H groups in total. The summed E-state index contributed by atoms with van der Waals surface area (Å²) in [5.74, 6) is -0.770. The molecule has 5 nitrogen and oxygen atoms in total. The van der Waals surface area contributed by atoms with Gasteiger partial charge in [-0.3, -0.25) is 5.32 Å². The summed E-state index contributed by atoms with van der Waals surface area (Å²) in [5.41, 5.74) is -0.586. The highest BCUT2D eigenvalue weighted by Gasteiger charge is 2.33. The minimum absolute atomic E-state index is 0.228. The fraction of sp³-hybridized carbons (Fsp3) is 0.111. The van der Waals surface area contributed by atoms with Crippen molar-refractivity contribution in [3.8, 4) is 5.69 Å². The average molecular weight is 378 g/mol. The van der Waals surface area contributed by atoms with E-state index in [1.54, 1.807) is 12.3 Å². The molecule has 0 fully saturated rings. The van der Waals surface area contributed by atoms with E-state index in [2.05, 4.69) is 15.7 Å². The molecule has 2 aromatic carbocycles. The highest BCUT2D eigenvalue weighted by molar-refractivity contribution is 5.88. The molecule has 2 amide bonds. The van der Waals surface area contributed by atoms with E-state index in [9.17, 15) is 22.4 Å². The smallest absolute Gasteiger partial charge is 0.334 e. The van der Waals surface area contributed by atoms with Gasteiger partial charge >= 0.3 is 12.2 Å². The maximum Gasteiger partial charge on any atom is 0.416 e. The Labute approximate surface area is 151 Å². The van der Waals surface area contributed by atoms with Crippen LogP contribution in [0.5, 0.6) is 0 Å². The molecule has 0 radical (unpaired) electrons. The minimum Gasteiger partial charge on any atom is -0.334 e. The first-order valence-corrected chi connectivity index (χ1v) is 7.84. The van der Waals surface area contributed by atoms with Gasteiger partial charge in [0.25, 0.3) is 0 Å². The second-order valence-electron chi connectivity index (χ2n) is 5.59. The number of hydrogen-bond donors (Lipinski definition) is 2. The quantitative estimate of drug-likeness (QED) is 0.663. The van der Waals surface area contributed by atoms with Gasteiger partial charge in [-0.05, 0) is 29.8 Å². The zero-order valence-electron chi connectivity index (χ0n) is 13.8. The summed E-state index contributed by atoms with van der Waals surface area (Å²) in [6.45, 7) is -0.416. The van der Waals surface area contributed by atoms with Crippen LogP contribution in [-0.4, -0.2) is 15.8 Å². The normalized spacial score (nSPS) is 11.3. The van der Waals surface area contributed by atoms with Crippen molar-refractivity contribution >= 4 is 11.8 Å². The van der Waals surface area contributed by atoms with Gasteiger partial charge in [0, 0.05) is 18.8 Å². The van der Waals surface area contributed by atoms with Crippen molar-refractivity contribution in [2.75, 3.05) is 5.32 Å². The van der Waals surface area contributed by atoms with Crippen LogP contribution in [0.4, 0.5) is 28.2 Å². The largest absolute Gasteiger partial charge is 0.416 e. The van der Waals surface area contributed by atoms with Gasteiger partial charge in [-0.15, -0.1) is 5.10 Å². The summed E-state index contributed by atoms with van der Waals surface area (Å²) in [6, 6.07) is 12.3. The molecule has 3 aromatic rings. The average Bonchev–Trinajstić information content (AvgIpc) is 3.09. The predicted molar refractivity (Wildman–Crippen MR) is 90.8 cm³/mol. The Kier molecular flexibility index (Phi) is 5.11. The summed E-state index contributed by atoms with van der Waals surface area (Å²) >= 11 is 0. The molecule has 27 heavy (non-hydrogen) atoms. The number of anilines is 1. The van der Waals surface area contributed by atoms with Crippen LogP contribution in [0.1, 0.15) is 11.1 Å².